The summed E-state index contributed by atoms with van der Waals surface area (Å²) in [7, 11) is 0. The number of esters is 1. The number of hydrogen-bond donors (Lipinski definition) is 1. The third-order valence-corrected chi connectivity index (χ3v) is 5.11. The van der Waals surface area contributed by atoms with Crippen molar-refractivity contribution >= 4 is 18.0 Å². The maximum Gasteiger partial charge on any atom is 0.330 e. The van der Waals surface area contributed by atoms with Crippen LogP contribution >= 0.6 is 0 Å². The van der Waals surface area contributed by atoms with Crippen molar-refractivity contribution in [2.45, 2.75) is 47.0 Å². The Hall–Kier alpha value is -2.79. The lowest BCUT2D eigenvalue weighted by atomic mass is 9.86. The van der Waals surface area contributed by atoms with Gasteiger partial charge < -0.3 is 9.84 Å². The molecule has 0 aromatic rings. The van der Waals surface area contributed by atoms with Crippen LogP contribution in [0.2, 0.25) is 0 Å². The molecule has 0 saturated carbocycles. The van der Waals surface area contributed by atoms with E-state index in [1.165, 1.54) is 12.2 Å². The Balaban J connectivity index is 0. The molecule has 0 amide bonds. The van der Waals surface area contributed by atoms with E-state index in [1.54, 1.807) is 6.08 Å². The Kier molecular flexibility index (Phi) is 21.6. The van der Waals surface area contributed by atoms with Crippen LogP contribution in [-0.4, -0.2) is 36.4 Å². The molecule has 0 aliphatic carbocycles. The number of ether oxygens (including phenoxy) is 1. The fourth-order valence-corrected chi connectivity index (χ4v) is 3.02. The molecular weight excluding hydrogens is 428 g/mol. The summed E-state index contributed by atoms with van der Waals surface area (Å²) in [5.74, 6) is 0.419. The SMILES string of the molecule is C=C.C=CC(C)C/C=C/C=C/C(CO)C(=O)C(C)CC(C)C/C=C/C=O.CC1C=CC(=O)OC1. The molecule has 1 N–H and O–H groups in total. The van der Waals surface area contributed by atoms with Crippen LogP contribution in [0.15, 0.2) is 74.4 Å². The number of rotatable bonds is 13. The summed E-state index contributed by atoms with van der Waals surface area (Å²) in [6.07, 6.45) is 19.3. The van der Waals surface area contributed by atoms with E-state index < -0.39 is 5.92 Å². The van der Waals surface area contributed by atoms with Gasteiger partial charge in [0.2, 0.25) is 0 Å². The molecule has 0 spiro atoms. The van der Waals surface area contributed by atoms with Crippen LogP contribution in [0.25, 0.3) is 0 Å². The fourth-order valence-electron chi connectivity index (χ4n) is 3.02. The highest BCUT2D eigenvalue weighted by atomic mass is 16.5. The van der Waals surface area contributed by atoms with Crippen LogP contribution in [0.5, 0.6) is 0 Å². The molecule has 5 nitrogen and oxygen atoms in total. The van der Waals surface area contributed by atoms with Crippen LogP contribution in [0.1, 0.15) is 47.0 Å². The first-order valence-corrected chi connectivity index (χ1v) is 11.8. The third kappa shape index (κ3) is 17.7. The van der Waals surface area contributed by atoms with Gasteiger partial charge in [-0.05, 0) is 37.2 Å². The van der Waals surface area contributed by atoms with Gasteiger partial charge in [-0.25, -0.2) is 4.79 Å². The Morgan fingerprint density at radius 2 is 1.82 bits per heavy atom. The van der Waals surface area contributed by atoms with Crippen LogP contribution < -0.4 is 0 Å². The molecule has 1 aliphatic rings. The average molecular weight is 473 g/mol. The number of allylic oxidation sites excluding steroid dienone is 6. The Morgan fingerprint density at radius 1 is 1.18 bits per heavy atom. The van der Waals surface area contributed by atoms with Gasteiger partial charge in [-0.15, -0.1) is 19.7 Å². The van der Waals surface area contributed by atoms with Gasteiger partial charge in [-0.2, -0.15) is 0 Å². The number of aliphatic hydroxyl groups is 1. The van der Waals surface area contributed by atoms with Crippen molar-refractivity contribution in [2.75, 3.05) is 13.2 Å². The van der Waals surface area contributed by atoms with Crippen molar-refractivity contribution in [1.82, 2.24) is 0 Å². The molecular formula is C29H44O5. The van der Waals surface area contributed by atoms with Crippen molar-refractivity contribution in [3.63, 3.8) is 0 Å². The largest absolute Gasteiger partial charge is 0.462 e. The molecule has 1 aliphatic heterocycles. The monoisotopic (exact) mass is 472 g/mol. The first-order valence-electron chi connectivity index (χ1n) is 11.8. The van der Waals surface area contributed by atoms with Gasteiger partial charge in [0.15, 0.2) is 0 Å². The standard InChI is InChI=1S/C21H32O3.C6H8O2.C2H4/c1-5-17(2)11-7-6-8-13-20(16-23)21(24)19(4)15-18(3)12-9-10-14-22;1-5-2-3-6(7)8-4-5;1-2/h5-10,13-14,17-20,23H,1,11-12,15-16H2,2-4H3;2-3,5H,4H2,1H3;1-2H2/b7-6+,10-9+,13-8+;;. The number of aliphatic hydroxyl groups excluding tert-OH is 1. The highest BCUT2D eigenvalue weighted by Crippen LogP contribution is 2.20. The van der Waals surface area contributed by atoms with Crippen molar-refractivity contribution in [2.24, 2.45) is 29.6 Å². The molecule has 5 unspecified atom stereocenters. The van der Waals surface area contributed by atoms with Crippen LogP contribution in [0.4, 0.5) is 0 Å². The lowest BCUT2D eigenvalue weighted by Crippen LogP contribution is -2.24. The summed E-state index contributed by atoms with van der Waals surface area (Å²) in [5.41, 5.74) is 0. The predicted octanol–water partition coefficient (Wildman–Crippen LogP) is 5.83. The minimum atomic E-state index is -0.459. The van der Waals surface area contributed by atoms with Gasteiger partial charge in [-0.1, -0.05) is 70.2 Å². The zero-order valence-electron chi connectivity index (χ0n) is 21.4. The van der Waals surface area contributed by atoms with Gasteiger partial charge in [0, 0.05) is 17.9 Å². The molecule has 0 radical (unpaired) electrons. The number of aldehydes is 1. The third-order valence-electron chi connectivity index (χ3n) is 5.11. The normalized spacial score (nSPS) is 18.7. The number of Topliss-reactive ketones (excluding diaryl/α,β-unsaturated/α-hetero) is 1. The molecule has 190 valence electrons. The van der Waals surface area contributed by atoms with Crippen LogP contribution in [0.3, 0.4) is 0 Å². The maximum atomic E-state index is 12.4. The Morgan fingerprint density at radius 3 is 2.32 bits per heavy atom. The second-order valence-electron chi connectivity index (χ2n) is 8.46. The van der Waals surface area contributed by atoms with E-state index in [0.717, 1.165) is 25.5 Å². The number of hydrogen-bond acceptors (Lipinski definition) is 5. The second kappa shape index (κ2) is 22.0. The van der Waals surface area contributed by atoms with E-state index in [4.69, 9.17) is 0 Å². The number of cyclic esters (lactones) is 1. The molecule has 34 heavy (non-hydrogen) atoms. The zero-order valence-corrected chi connectivity index (χ0v) is 21.4. The van der Waals surface area contributed by atoms with E-state index in [0.29, 0.717) is 24.4 Å². The van der Waals surface area contributed by atoms with E-state index in [9.17, 15) is 19.5 Å². The van der Waals surface area contributed by atoms with Gasteiger partial charge in [0.25, 0.3) is 0 Å². The van der Waals surface area contributed by atoms with Gasteiger partial charge >= 0.3 is 5.97 Å². The molecule has 0 fully saturated rings. The topological polar surface area (TPSA) is 80.7 Å². The summed E-state index contributed by atoms with van der Waals surface area (Å²) in [6, 6.07) is 0. The first kappa shape index (κ1) is 33.4. The molecule has 1 rings (SSSR count). The molecule has 0 bridgehead atoms. The molecule has 1 heterocycles. The highest BCUT2D eigenvalue weighted by Gasteiger charge is 2.22. The van der Waals surface area contributed by atoms with E-state index in [2.05, 4.69) is 38.3 Å². The number of ketones is 1. The molecule has 0 saturated heterocycles. The number of carbonyl (C=O) groups is 3. The van der Waals surface area contributed by atoms with Crippen LogP contribution in [0, 0.1) is 29.6 Å². The summed E-state index contributed by atoms with van der Waals surface area (Å²) < 4.78 is 4.66. The van der Waals surface area contributed by atoms with Gasteiger partial charge in [0.1, 0.15) is 12.1 Å². The minimum absolute atomic E-state index is 0.0628. The van der Waals surface area contributed by atoms with E-state index in [-0.39, 0.29) is 24.3 Å². The van der Waals surface area contributed by atoms with Crippen molar-refractivity contribution in [3.8, 4) is 0 Å². The first-order chi connectivity index (χ1) is 16.2. The highest BCUT2D eigenvalue weighted by molar-refractivity contribution is 5.84. The smallest absolute Gasteiger partial charge is 0.330 e. The lowest BCUT2D eigenvalue weighted by Gasteiger charge is -2.18. The Bertz CT molecular complexity index is 701. The Labute approximate surface area is 206 Å². The van der Waals surface area contributed by atoms with Gasteiger partial charge in [0.05, 0.1) is 19.1 Å². The quantitative estimate of drug-likeness (QED) is 0.120. The minimum Gasteiger partial charge on any atom is -0.462 e. The molecule has 5 heteroatoms. The molecule has 0 aromatic heterocycles. The predicted molar refractivity (Wildman–Crippen MR) is 141 cm³/mol. The second-order valence-corrected chi connectivity index (χ2v) is 8.46. The average Bonchev–Trinajstić information content (AvgIpc) is 2.84. The van der Waals surface area contributed by atoms with E-state index in [1.807, 2.05) is 50.3 Å². The van der Waals surface area contributed by atoms with Crippen molar-refractivity contribution in [3.05, 3.63) is 74.4 Å². The summed E-state index contributed by atoms with van der Waals surface area (Å²) in [5, 5.41) is 9.48. The van der Waals surface area contributed by atoms with Gasteiger partial charge in [-0.3, -0.25) is 9.59 Å². The van der Waals surface area contributed by atoms with Crippen LogP contribution in [-0.2, 0) is 19.1 Å². The summed E-state index contributed by atoms with van der Waals surface area (Å²) in [4.78, 5) is 33.0. The van der Waals surface area contributed by atoms with Crippen molar-refractivity contribution < 1.29 is 24.2 Å². The van der Waals surface area contributed by atoms with Crippen molar-refractivity contribution in [1.29, 1.82) is 0 Å². The molecule has 5 atom stereocenters. The summed E-state index contributed by atoms with van der Waals surface area (Å²) >= 11 is 0. The van der Waals surface area contributed by atoms with E-state index >= 15 is 0 Å². The lowest BCUT2D eigenvalue weighted by molar-refractivity contribution is -0.139. The molecule has 0 aromatic carbocycles. The fraction of sp³-hybridized carbons (Fsp3) is 0.483. The maximum absolute atomic E-state index is 12.4. The number of carbonyl (C=O) groups excluding carboxylic acids is 3. The summed E-state index contributed by atoms with van der Waals surface area (Å²) in [6.45, 7) is 18.2. The zero-order chi connectivity index (χ0) is 26.4.